The van der Waals surface area contributed by atoms with Gasteiger partial charge in [-0.1, -0.05) is 0 Å². The molecule has 31 heavy (non-hydrogen) atoms. The number of pyridine rings is 1. The van der Waals surface area contributed by atoms with Gasteiger partial charge >= 0.3 is 6.18 Å². The Morgan fingerprint density at radius 3 is 2.68 bits per heavy atom. The van der Waals surface area contributed by atoms with Crippen LogP contribution in [0.25, 0.3) is 27.9 Å². The number of alkyl halides is 3. The van der Waals surface area contributed by atoms with Crippen LogP contribution in [0.3, 0.4) is 0 Å². The molecule has 1 atom stereocenters. The maximum atomic E-state index is 13.8. The smallest absolute Gasteiger partial charge is 0.420 e. The summed E-state index contributed by atoms with van der Waals surface area (Å²) in [5.41, 5.74) is -0.393. The van der Waals surface area contributed by atoms with Crippen molar-refractivity contribution in [3.8, 4) is 17.1 Å². The summed E-state index contributed by atoms with van der Waals surface area (Å²) in [6.45, 7) is 3.74. The van der Waals surface area contributed by atoms with Crippen molar-refractivity contribution in [2.24, 2.45) is 7.05 Å². The summed E-state index contributed by atoms with van der Waals surface area (Å²) in [6.07, 6.45) is -2.32. The number of hydrogen-bond acceptors (Lipinski definition) is 7. The lowest BCUT2D eigenvalue weighted by molar-refractivity contribution is -0.137. The van der Waals surface area contributed by atoms with E-state index in [0.717, 1.165) is 0 Å². The molecule has 0 saturated carbocycles. The average Bonchev–Trinajstić information content (AvgIpc) is 3.24. The van der Waals surface area contributed by atoms with Crippen LogP contribution in [-0.4, -0.2) is 53.7 Å². The number of rotatable bonds is 6. The highest BCUT2D eigenvalue weighted by atomic mass is 19.4. The van der Waals surface area contributed by atoms with Gasteiger partial charge in [-0.3, -0.25) is 0 Å². The predicted octanol–water partition coefficient (Wildman–Crippen LogP) is 2.89. The van der Waals surface area contributed by atoms with Crippen molar-refractivity contribution in [2.45, 2.75) is 26.1 Å². The molecule has 0 aromatic carbocycles. The first-order valence-corrected chi connectivity index (χ1v) is 9.52. The van der Waals surface area contributed by atoms with Crippen LogP contribution in [0.15, 0.2) is 24.5 Å². The minimum Gasteiger partial charge on any atom is -0.492 e. The number of nitrogens with one attached hydrogen (secondary N) is 1. The molecular weight excluding hydrogens is 415 g/mol. The Balaban J connectivity index is 1.96. The summed E-state index contributed by atoms with van der Waals surface area (Å²) in [6, 6.07) is 2.99. The van der Waals surface area contributed by atoms with Crippen LogP contribution in [0.4, 0.5) is 19.1 Å². The zero-order valence-corrected chi connectivity index (χ0v) is 17.0. The van der Waals surface area contributed by atoms with Gasteiger partial charge in [-0.25, -0.2) is 19.2 Å². The first-order chi connectivity index (χ1) is 14.7. The molecule has 0 aliphatic carbocycles. The lowest BCUT2D eigenvalue weighted by Crippen LogP contribution is -2.22. The molecule has 164 valence electrons. The molecule has 0 spiro atoms. The highest BCUT2D eigenvalue weighted by Gasteiger charge is 2.37. The van der Waals surface area contributed by atoms with Gasteiger partial charge in [-0.05, 0) is 26.0 Å². The number of aliphatic hydroxyl groups is 1. The van der Waals surface area contributed by atoms with E-state index < -0.39 is 17.8 Å². The van der Waals surface area contributed by atoms with Crippen LogP contribution in [0, 0.1) is 0 Å². The molecule has 4 aromatic heterocycles. The van der Waals surface area contributed by atoms with E-state index in [9.17, 15) is 18.3 Å². The van der Waals surface area contributed by atoms with Crippen LogP contribution in [0.2, 0.25) is 0 Å². The number of anilines is 1. The largest absolute Gasteiger partial charge is 0.492 e. The topological polar surface area (TPSA) is 102 Å². The van der Waals surface area contributed by atoms with Crippen LogP contribution < -0.4 is 10.1 Å². The fourth-order valence-electron chi connectivity index (χ4n) is 3.24. The molecule has 0 amide bonds. The fraction of sp³-hybridized carbons (Fsp3) is 0.368. The zero-order chi connectivity index (χ0) is 22.3. The number of aliphatic hydroxyl groups excluding tert-OH is 1. The number of halogens is 3. The third-order valence-corrected chi connectivity index (χ3v) is 4.66. The molecule has 2 N–H and O–H groups in total. The lowest BCUT2D eigenvalue weighted by Gasteiger charge is -2.14. The molecule has 0 unspecified atom stereocenters. The Morgan fingerprint density at radius 1 is 1.23 bits per heavy atom. The monoisotopic (exact) mass is 435 g/mol. The van der Waals surface area contributed by atoms with E-state index in [1.165, 1.54) is 4.68 Å². The normalized spacial score (nSPS) is 13.1. The van der Waals surface area contributed by atoms with Crippen molar-refractivity contribution in [2.75, 3.05) is 18.5 Å². The quantitative estimate of drug-likeness (QED) is 0.480. The van der Waals surface area contributed by atoms with E-state index in [-0.39, 0.29) is 23.9 Å². The van der Waals surface area contributed by atoms with E-state index >= 15 is 0 Å². The van der Waals surface area contributed by atoms with Crippen molar-refractivity contribution in [3.05, 3.63) is 30.1 Å². The molecule has 12 heteroatoms. The van der Waals surface area contributed by atoms with Crippen molar-refractivity contribution in [3.63, 3.8) is 0 Å². The molecule has 0 fully saturated rings. The average molecular weight is 435 g/mol. The van der Waals surface area contributed by atoms with Gasteiger partial charge in [0.2, 0.25) is 5.95 Å². The fourth-order valence-corrected chi connectivity index (χ4v) is 3.24. The third kappa shape index (κ3) is 3.74. The molecular formula is C19H20F3N7O2. The first kappa shape index (κ1) is 20.8. The maximum Gasteiger partial charge on any atom is 0.420 e. The van der Waals surface area contributed by atoms with E-state index in [1.54, 1.807) is 36.8 Å². The summed E-state index contributed by atoms with van der Waals surface area (Å²) in [7, 11) is 1.60. The number of aryl methyl sites for hydroxylation is 1. The second-order valence-electron chi connectivity index (χ2n) is 6.98. The highest BCUT2D eigenvalue weighted by molar-refractivity contribution is 6.03. The van der Waals surface area contributed by atoms with Gasteiger partial charge in [0.1, 0.15) is 22.7 Å². The molecule has 0 saturated heterocycles. The predicted molar refractivity (Wildman–Crippen MR) is 107 cm³/mol. The van der Waals surface area contributed by atoms with E-state index in [1.807, 2.05) is 6.92 Å². The zero-order valence-electron chi connectivity index (χ0n) is 17.0. The maximum absolute atomic E-state index is 13.8. The van der Waals surface area contributed by atoms with Gasteiger partial charge in [0.15, 0.2) is 5.65 Å². The van der Waals surface area contributed by atoms with Crippen molar-refractivity contribution >= 4 is 22.5 Å². The SMILES string of the molecule is CCOc1ccc2c3c(-c4nc(N[C@@H](C)CO)ncc4C(F)(F)F)nn(C)c3nn2c1. The summed E-state index contributed by atoms with van der Waals surface area (Å²) < 4.78 is 49.7. The Kier molecular flexibility index (Phi) is 5.17. The lowest BCUT2D eigenvalue weighted by atomic mass is 10.1. The Hall–Kier alpha value is -3.41. The molecule has 4 heterocycles. The second kappa shape index (κ2) is 7.69. The highest BCUT2D eigenvalue weighted by Crippen LogP contribution is 2.39. The van der Waals surface area contributed by atoms with Crippen LogP contribution in [0.5, 0.6) is 5.75 Å². The van der Waals surface area contributed by atoms with Crippen molar-refractivity contribution in [1.82, 2.24) is 29.4 Å². The summed E-state index contributed by atoms with van der Waals surface area (Å²) in [5, 5.41) is 21.2. The minimum absolute atomic E-state index is 0.0334. The van der Waals surface area contributed by atoms with E-state index in [0.29, 0.717) is 35.1 Å². The van der Waals surface area contributed by atoms with Crippen LogP contribution in [0.1, 0.15) is 19.4 Å². The van der Waals surface area contributed by atoms with Gasteiger partial charge in [-0.15, -0.1) is 5.10 Å². The van der Waals surface area contributed by atoms with Gasteiger partial charge < -0.3 is 15.2 Å². The van der Waals surface area contributed by atoms with Gasteiger partial charge in [-0.2, -0.15) is 18.3 Å². The summed E-state index contributed by atoms with van der Waals surface area (Å²) >= 11 is 0. The molecule has 0 bridgehead atoms. The summed E-state index contributed by atoms with van der Waals surface area (Å²) in [4.78, 5) is 7.87. The minimum atomic E-state index is -4.69. The van der Waals surface area contributed by atoms with Crippen molar-refractivity contribution < 1.29 is 23.0 Å². The van der Waals surface area contributed by atoms with Crippen LogP contribution in [-0.2, 0) is 13.2 Å². The van der Waals surface area contributed by atoms with Crippen molar-refractivity contribution in [1.29, 1.82) is 0 Å². The van der Waals surface area contributed by atoms with E-state index in [4.69, 9.17) is 4.74 Å². The van der Waals surface area contributed by atoms with Gasteiger partial charge in [0, 0.05) is 19.3 Å². The molecule has 4 rings (SSSR count). The molecule has 4 aromatic rings. The number of fused-ring (bicyclic) bond motifs is 3. The molecule has 9 nitrogen and oxygen atoms in total. The number of aromatic nitrogens is 6. The number of nitrogens with zero attached hydrogens (tertiary/aromatic N) is 6. The molecule has 0 aliphatic rings. The Bertz CT molecular complexity index is 1250. The molecule has 0 radical (unpaired) electrons. The Labute approximate surface area is 174 Å². The van der Waals surface area contributed by atoms with E-state index in [2.05, 4.69) is 25.5 Å². The third-order valence-electron chi connectivity index (χ3n) is 4.66. The standard InChI is InChI=1S/C19H20F3N7O2/c1-4-31-11-5-6-13-14-16(26-28(3)17(14)27-29(13)8-11)15-12(19(20,21)22)7-23-18(25-15)24-10(2)9-30/h5-8,10,30H,4,9H2,1-3H3,(H,23,24,25)/t10-/m0/s1. The number of ether oxygens (including phenoxy) is 1. The Morgan fingerprint density at radius 2 is 2.00 bits per heavy atom. The summed E-state index contributed by atoms with van der Waals surface area (Å²) in [5.74, 6) is 0.540. The molecule has 0 aliphatic heterocycles. The van der Waals surface area contributed by atoms with Gasteiger partial charge in [0.05, 0.1) is 30.3 Å². The number of hydrogen-bond donors (Lipinski definition) is 2. The van der Waals surface area contributed by atoms with Crippen LogP contribution >= 0.6 is 0 Å². The van der Waals surface area contributed by atoms with Gasteiger partial charge in [0.25, 0.3) is 0 Å². The second-order valence-corrected chi connectivity index (χ2v) is 6.98. The first-order valence-electron chi connectivity index (χ1n) is 9.52.